The van der Waals surface area contributed by atoms with E-state index >= 15 is 0 Å². The molecule has 1 aromatic rings. The fourth-order valence-corrected chi connectivity index (χ4v) is 2.43. The minimum Gasteiger partial charge on any atom is -0.496 e. The van der Waals surface area contributed by atoms with Crippen molar-refractivity contribution in [3.8, 4) is 0 Å². The van der Waals surface area contributed by atoms with Crippen molar-refractivity contribution in [1.82, 2.24) is 0 Å². The van der Waals surface area contributed by atoms with Crippen LogP contribution in [0.5, 0.6) is 0 Å². The maximum Gasteiger partial charge on any atom is 0.124 e. The van der Waals surface area contributed by atoms with E-state index in [-0.39, 0.29) is 11.9 Å². The highest BCUT2D eigenvalue weighted by atomic mass is 32.2. The van der Waals surface area contributed by atoms with Gasteiger partial charge in [0.25, 0.3) is 0 Å². The molecule has 0 saturated carbocycles. The van der Waals surface area contributed by atoms with E-state index in [2.05, 4.69) is 0 Å². The first-order valence-electron chi connectivity index (χ1n) is 5.22. The fourth-order valence-electron chi connectivity index (χ4n) is 1.52. The van der Waals surface area contributed by atoms with Gasteiger partial charge in [0.2, 0.25) is 0 Å². The van der Waals surface area contributed by atoms with E-state index in [1.807, 2.05) is 12.1 Å². The van der Waals surface area contributed by atoms with E-state index in [1.54, 1.807) is 17.8 Å². The van der Waals surface area contributed by atoms with Gasteiger partial charge in [0.1, 0.15) is 11.6 Å². The molecule has 1 unspecified atom stereocenters. The van der Waals surface area contributed by atoms with Gasteiger partial charge in [-0.05, 0) is 24.3 Å². The first-order chi connectivity index (χ1) is 7.75. The predicted molar refractivity (Wildman–Crippen MR) is 63.8 cm³/mol. The van der Waals surface area contributed by atoms with Crippen LogP contribution in [0.25, 0.3) is 0 Å². The summed E-state index contributed by atoms with van der Waals surface area (Å²) in [5.41, 5.74) is 5.96. The highest BCUT2D eigenvalue weighted by molar-refractivity contribution is 7.99. The molecule has 0 radical (unpaired) electrons. The average Bonchev–Trinajstić information content (AvgIpc) is 2.79. The normalized spacial score (nSPS) is 16.8. The minimum absolute atomic E-state index is 0.101. The maximum absolute atomic E-state index is 12.9. The molecule has 0 saturated heterocycles. The largest absolute Gasteiger partial charge is 0.496 e. The first kappa shape index (κ1) is 11.5. The average molecular weight is 239 g/mol. The molecule has 2 nitrogen and oxygen atoms in total. The van der Waals surface area contributed by atoms with Gasteiger partial charge in [-0.1, -0.05) is 6.07 Å². The van der Waals surface area contributed by atoms with E-state index < -0.39 is 0 Å². The highest BCUT2D eigenvalue weighted by Crippen LogP contribution is 2.22. The topological polar surface area (TPSA) is 35.2 Å². The number of hydrogen-bond donors (Lipinski definition) is 1. The number of ether oxygens (including phenoxy) is 1. The summed E-state index contributed by atoms with van der Waals surface area (Å²) in [7, 11) is 0. The van der Waals surface area contributed by atoms with Crippen LogP contribution in [0.3, 0.4) is 0 Å². The zero-order valence-corrected chi connectivity index (χ0v) is 9.67. The van der Waals surface area contributed by atoms with Crippen molar-refractivity contribution in [3.63, 3.8) is 0 Å². The monoisotopic (exact) mass is 239 g/mol. The summed E-state index contributed by atoms with van der Waals surface area (Å²) in [5.74, 6) is 1.36. The van der Waals surface area contributed by atoms with E-state index in [0.717, 1.165) is 23.7 Å². The van der Waals surface area contributed by atoms with Crippen LogP contribution in [0.1, 0.15) is 6.42 Å². The molecule has 16 heavy (non-hydrogen) atoms. The van der Waals surface area contributed by atoms with Gasteiger partial charge in [0, 0.05) is 17.1 Å². The Hall–Kier alpha value is -1.00. The van der Waals surface area contributed by atoms with Gasteiger partial charge in [-0.15, -0.1) is 11.8 Å². The Labute approximate surface area is 98.7 Å². The van der Waals surface area contributed by atoms with Gasteiger partial charge in [0.05, 0.1) is 12.6 Å². The Kier molecular flexibility index (Phi) is 3.85. The molecular weight excluding hydrogens is 225 g/mol. The molecule has 1 aliphatic heterocycles. The van der Waals surface area contributed by atoms with Crippen LogP contribution in [-0.4, -0.2) is 18.4 Å². The lowest BCUT2D eigenvalue weighted by Crippen LogP contribution is -2.25. The number of rotatable bonds is 4. The van der Waals surface area contributed by atoms with Crippen LogP contribution in [0.4, 0.5) is 4.39 Å². The van der Waals surface area contributed by atoms with Crippen LogP contribution < -0.4 is 5.73 Å². The zero-order chi connectivity index (χ0) is 11.4. The quantitative estimate of drug-likeness (QED) is 0.820. The molecule has 1 heterocycles. The molecule has 0 fully saturated rings. The molecule has 0 spiro atoms. The van der Waals surface area contributed by atoms with Crippen molar-refractivity contribution >= 4 is 11.8 Å². The van der Waals surface area contributed by atoms with Gasteiger partial charge >= 0.3 is 0 Å². The number of nitrogens with two attached hydrogens (primary N) is 1. The first-order valence-corrected chi connectivity index (χ1v) is 6.21. The summed E-state index contributed by atoms with van der Waals surface area (Å²) in [5, 5.41) is 0. The summed E-state index contributed by atoms with van der Waals surface area (Å²) < 4.78 is 18.3. The number of benzene rings is 1. The van der Waals surface area contributed by atoms with Crippen LogP contribution in [0.2, 0.25) is 0 Å². The Morgan fingerprint density at radius 1 is 1.50 bits per heavy atom. The van der Waals surface area contributed by atoms with Crippen LogP contribution in [-0.2, 0) is 4.74 Å². The van der Waals surface area contributed by atoms with Gasteiger partial charge in [0.15, 0.2) is 0 Å². The molecule has 0 aliphatic carbocycles. The lowest BCUT2D eigenvalue weighted by Gasteiger charge is -2.12. The number of thioether (sulfide) groups is 1. The van der Waals surface area contributed by atoms with Gasteiger partial charge in [-0.2, -0.15) is 0 Å². The standard InChI is InChI=1S/C12H14FNOS/c13-9-3-1-4-10(7-9)16-8-11(14)12-5-2-6-15-12/h1,3-5,7,11H,2,6,8,14H2. The number of hydrogen-bond acceptors (Lipinski definition) is 3. The molecule has 0 aromatic heterocycles. The van der Waals surface area contributed by atoms with Gasteiger partial charge < -0.3 is 10.5 Å². The summed E-state index contributed by atoms with van der Waals surface area (Å²) >= 11 is 1.54. The lowest BCUT2D eigenvalue weighted by atomic mass is 10.3. The maximum atomic E-state index is 12.9. The van der Waals surface area contributed by atoms with E-state index in [9.17, 15) is 4.39 Å². The molecule has 2 rings (SSSR count). The van der Waals surface area contributed by atoms with E-state index in [0.29, 0.717) is 5.75 Å². The lowest BCUT2D eigenvalue weighted by molar-refractivity contribution is 0.228. The third-order valence-electron chi connectivity index (χ3n) is 2.32. The second-order valence-electron chi connectivity index (χ2n) is 3.62. The molecular formula is C12H14FNOS. The smallest absolute Gasteiger partial charge is 0.124 e. The summed E-state index contributed by atoms with van der Waals surface area (Å²) in [4.78, 5) is 0.897. The molecule has 1 aliphatic rings. The zero-order valence-electron chi connectivity index (χ0n) is 8.86. The molecule has 2 N–H and O–H groups in total. The van der Waals surface area contributed by atoms with Crippen molar-refractivity contribution < 1.29 is 9.13 Å². The molecule has 1 atom stereocenters. The fraction of sp³-hybridized carbons (Fsp3) is 0.333. The Balaban J connectivity index is 1.87. The molecule has 0 amide bonds. The second-order valence-corrected chi connectivity index (χ2v) is 4.71. The van der Waals surface area contributed by atoms with Crippen molar-refractivity contribution in [1.29, 1.82) is 0 Å². The summed E-state index contributed by atoms with van der Waals surface area (Å²) in [6, 6.07) is 6.43. The van der Waals surface area contributed by atoms with Gasteiger partial charge in [-0.25, -0.2) is 4.39 Å². The third kappa shape index (κ3) is 3.00. The van der Waals surface area contributed by atoms with E-state index in [4.69, 9.17) is 10.5 Å². The minimum atomic E-state index is -0.213. The SMILES string of the molecule is NC(CSc1cccc(F)c1)C1=CCCO1. The van der Waals surface area contributed by atoms with Crippen LogP contribution in [0, 0.1) is 5.82 Å². The van der Waals surface area contributed by atoms with E-state index in [1.165, 1.54) is 12.1 Å². The van der Waals surface area contributed by atoms with Crippen molar-refractivity contribution in [2.24, 2.45) is 5.73 Å². The predicted octanol–water partition coefficient (Wildman–Crippen LogP) is 2.55. The molecule has 0 bridgehead atoms. The molecule has 4 heteroatoms. The summed E-state index contributed by atoms with van der Waals surface area (Å²) in [6.07, 6.45) is 2.96. The summed E-state index contributed by atoms with van der Waals surface area (Å²) in [6.45, 7) is 0.730. The van der Waals surface area contributed by atoms with Crippen LogP contribution in [0.15, 0.2) is 41.0 Å². The Morgan fingerprint density at radius 2 is 2.38 bits per heavy atom. The van der Waals surface area contributed by atoms with Crippen molar-refractivity contribution in [3.05, 3.63) is 41.9 Å². The van der Waals surface area contributed by atoms with Crippen LogP contribution >= 0.6 is 11.8 Å². The Morgan fingerprint density at radius 3 is 3.06 bits per heavy atom. The third-order valence-corrected chi connectivity index (χ3v) is 3.44. The molecule has 86 valence electrons. The van der Waals surface area contributed by atoms with Crippen molar-refractivity contribution in [2.45, 2.75) is 17.4 Å². The highest BCUT2D eigenvalue weighted by Gasteiger charge is 2.14. The Bertz CT molecular complexity index is 394. The van der Waals surface area contributed by atoms with Crippen molar-refractivity contribution in [2.75, 3.05) is 12.4 Å². The van der Waals surface area contributed by atoms with Gasteiger partial charge in [-0.3, -0.25) is 0 Å². The number of halogens is 1. The molecule has 1 aromatic carbocycles. The second kappa shape index (κ2) is 5.37.